The zero-order valence-electron chi connectivity index (χ0n) is 15.8. The Bertz CT molecular complexity index is 289. The highest BCUT2D eigenvalue weighted by Crippen LogP contribution is 2.54. The van der Waals surface area contributed by atoms with E-state index in [1.165, 1.54) is 83.5 Å². The van der Waals surface area contributed by atoms with Crippen molar-refractivity contribution in [3.63, 3.8) is 0 Å². The zero-order chi connectivity index (χ0) is 15.8. The van der Waals surface area contributed by atoms with E-state index in [9.17, 15) is 0 Å². The molecule has 134 valence electrons. The van der Waals surface area contributed by atoms with Crippen molar-refractivity contribution in [3.05, 3.63) is 0 Å². The van der Waals surface area contributed by atoms with Crippen LogP contribution in [0.4, 0.5) is 0 Å². The highest BCUT2D eigenvalue weighted by atomic mass is 14.5. The summed E-state index contributed by atoms with van der Waals surface area (Å²) < 4.78 is 0. The van der Waals surface area contributed by atoms with E-state index in [0.717, 1.165) is 10.8 Å². The lowest BCUT2D eigenvalue weighted by molar-refractivity contribution is 0.0410. The summed E-state index contributed by atoms with van der Waals surface area (Å²) in [6.45, 7) is 0. The van der Waals surface area contributed by atoms with E-state index >= 15 is 0 Å². The molecule has 0 aliphatic heterocycles. The summed E-state index contributed by atoms with van der Waals surface area (Å²) >= 11 is 0. The summed E-state index contributed by atoms with van der Waals surface area (Å²) in [5.41, 5.74) is 1.55. The number of hydrogen-bond donors (Lipinski definition) is 0. The van der Waals surface area contributed by atoms with Crippen molar-refractivity contribution in [2.75, 3.05) is 0 Å². The Morgan fingerprint density at radius 3 is 0.696 bits per heavy atom. The Hall–Kier alpha value is 0. The van der Waals surface area contributed by atoms with Gasteiger partial charge in [0.05, 0.1) is 0 Å². The molecule has 0 radical (unpaired) electrons. The second-order valence-corrected chi connectivity index (χ2v) is 9.60. The fourth-order valence-corrected chi connectivity index (χ4v) is 6.15. The molecule has 0 aromatic heterocycles. The van der Waals surface area contributed by atoms with Crippen molar-refractivity contribution in [1.29, 1.82) is 0 Å². The van der Waals surface area contributed by atoms with Crippen LogP contribution < -0.4 is 0 Å². The average molecular weight is 319 g/mol. The Balaban J connectivity index is 1.71. The number of rotatable bonds is 0. The van der Waals surface area contributed by atoms with Crippen molar-refractivity contribution in [3.8, 4) is 0 Å². The monoisotopic (exact) mass is 318 g/mol. The van der Waals surface area contributed by atoms with E-state index in [-0.39, 0.29) is 0 Å². The molecule has 0 saturated heterocycles. The molecule has 0 atom stereocenters. The fraction of sp³-hybridized carbons (Fsp3) is 1.00. The van der Waals surface area contributed by atoms with E-state index in [4.69, 9.17) is 0 Å². The van der Waals surface area contributed by atoms with Crippen LogP contribution in [0, 0.1) is 10.8 Å². The molecule has 5 fully saturated rings. The summed E-state index contributed by atoms with van der Waals surface area (Å²) in [5.74, 6) is 0. The first-order valence-electron chi connectivity index (χ1n) is 11.3. The minimum Gasteiger partial charge on any atom is -0.0533 e. The first-order chi connectivity index (χ1) is 11.3. The maximum atomic E-state index is 1.59. The zero-order valence-corrected chi connectivity index (χ0v) is 15.8. The Morgan fingerprint density at radius 1 is 0.217 bits per heavy atom. The molecule has 0 heterocycles. The summed E-state index contributed by atoms with van der Waals surface area (Å²) in [6.07, 6.45) is 32.5. The van der Waals surface area contributed by atoms with Gasteiger partial charge < -0.3 is 0 Å². The van der Waals surface area contributed by atoms with Gasteiger partial charge in [0.2, 0.25) is 0 Å². The molecule has 0 aromatic carbocycles. The van der Waals surface area contributed by atoms with Crippen LogP contribution in [-0.2, 0) is 0 Å². The number of fused-ring (bicyclic) bond motifs is 15. The molecule has 2 bridgehead atoms. The van der Waals surface area contributed by atoms with Gasteiger partial charge >= 0.3 is 0 Å². The van der Waals surface area contributed by atoms with Crippen molar-refractivity contribution in [2.45, 2.75) is 135 Å². The van der Waals surface area contributed by atoms with E-state index in [0.29, 0.717) is 0 Å². The lowest BCUT2D eigenvalue weighted by atomic mass is 9.57. The molecular formula is C23H42. The molecule has 0 amide bonds. The minimum atomic E-state index is 0.775. The van der Waals surface area contributed by atoms with Crippen LogP contribution in [0.1, 0.15) is 135 Å². The summed E-state index contributed by atoms with van der Waals surface area (Å²) in [6, 6.07) is 0. The van der Waals surface area contributed by atoms with E-state index in [1.54, 1.807) is 51.4 Å². The smallest absolute Gasteiger partial charge is 0.0297 e. The summed E-state index contributed by atoms with van der Waals surface area (Å²) in [7, 11) is 0. The minimum absolute atomic E-state index is 0.775. The molecule has 23 heavy (non-hydrogen) atoms. The van der Waals surface area contributed by atoms with Gasteiger partial charge in [-0.25, -0.2) is 0 Å². The third kappa shape index (κ3) is 5.23. The maximum Gasteiger partial charge on any atom is -0.0297 e. The van der Waals surface area contributed by atoms with Gasteiger partial charge in [-0.2, -0.15) is 0 Å². The third-order valence-corrected chi connectivity index (χ3v) is 7.95. The first kappa shape index (κ1) is 17.8. The second-order valence-electron chi connectivity index (χ2n) is 9.60. The van der Waals surface area contributed by atoms with Crippen LogP contribution in [0.5, 0.6) is 0 Å². The normalized spacial score (nSPS) is 38.6. The van der Waals surface area contributed by atoms with Gasteiger partial charge in [0.1, 0.15) is 0 Å². The van der Waals surface area contributed by atoms with Crippen LogP contribution in [0.2, 0.25) is 0 Å². The van der Waals surface area contributed by atoms with E-state index < -0.39 is 0 Å². The van der Waals surface area contributed by atoms with E-state index in [1.807, 2.05) is 0 Å². The fourth-order valence-electron chi connectivity index (χ4n) is 6.15. The molecule has 5 rings (SSSR count). The van der Waals surface area contributed by atoms with Crippen molar-refractivity contribution < 1.29 is 0 Å². The molecule has 0 aromatic rings. The Labute approximate surface area is 146 Å². The van der Waals surface area contributed by atoms with Gasteiger partial charge in [-0.05, 0) is 62.2 Å². The topological polar surface area (TPSA) is 0 Å². The largest absolute Gasteiger partial charge is 0.0533 e. The van der Waals surface area contributed by atoms with Gasteiger partial charge in [-0.15, -0.1) is 0 Å². The lowest BCUT2D eigenvalue weighted by Crippen LogP contribution is -2.35. The van der Waals surface area contributed by atoms with Crippen LogP contribution in [0.15, 0.2) is 0 Å². The molecule has 0 N–H and O–H groups in total. The Morgan fingerprint density at radius 2 is 0.435 bits per heavy atom. The van der Waals surface area contributed by atoms with Crippen molar-refractivity contribution in [2.24, 2.45) is 10.8 Å². The predicted molar refractivity (Wildman–Crippen MR) is 102 cm³/mol. The molecule has 5 saturated carbocycles. The van der Waals surface area contributed by atoms with Crippen LogP contribution in [0.25, 0.3) is 0 Å². The SMILES string of the molecule is C1CCCCC23CCCCCCCCC(CCCC1)(CC2)CC3. The highest BCUT2D eigenvalue weighted by Gasteiger charge is 2.41. The summed E-state index contributed by atoms with van der Waals surface area (Å²) in [4.78, 5) is 0. The maximum absolute atomic E-state index is 1.59. The van der Waals surface area contributed by atoms with Gasteiger partial charge in [-0.3, -0.25) is 0 Å². The average Bonchev–Trinajstić information content (AvgIpc) is 2.59. The van der Waals surface area contributed by atoms with Crippen molar-refractivity contribution >= 4 is 0 Å². The van der Waals surface area contributed by atoms with Crippen molar-refractivity contribution in [1.82, 2.24) is 0 Å². The molecule has 0 nitrogen and oxygen atoms in total. The second kappa shape index (κ2) is 8.91. The highest BCUT2D eigenvalue weighted by molar-refractivity contribution is 4.93. The van der Waals surface area contributed by atoms with Gasteiger partial charge in [-0.1, -0.05) is 83.5 Å². The van der Waals surface area contributed by atoms with Gasteiger partial charge in [0.15, 0.2) is 0 Å². The van der Waals surface area contributed by atoms with Gasteiger partial charge in [0.25, 0.3) is 0 Å². The summed E-state index contributed by atoms with van der Waals surface area (Å²) in [5, 5.41) is 0. The molecule has 5 aliphatic rings. The quantitative estimate of drug-likeness (QED) is 0.422. The molecule has 0 unspecified atom stereocenters. The number of hydrogen-bond acceptors (Lipinski definition) is 0. The molecule has 5 aliphatic carbocycles. The lowest BCUT2D eigenvalue weighted by Gasteiger charge is -2.48. The predicted octanol–water partition coefficient (Wildman–Crippen LogP) is 8.19. The first-order valence-corrected chi connectivity index (χ1v) is 11.3. The standard InChI is InChI=1S/C23H42/c1-2-6-10-14-22-16-12-8-4-5-9-13-17-23(20-18-22,21-19-22)15-11-7-3-1/h1-21H2. The third-order valence-electron chi connectivity index (χ3n) is 7.95. The molecular weight excluding hydrogens is 276 g/mol. The van der Waals surface area contributed by atoms with Crippen LogP contribution in [-0.4, -0.2) is 0 Å². The van der Waals surface area contributed by atoms with Gasteiger partial charge in [0, 0.05) is 0 Å². The van der Waals surface area contributed by atoms with E-state index in [2.05, 4.69) is 0 Å². The molecule has 0 heteroatoms. The Kier molecular flexibility index (Phi) is 6.90. The van der Waals surface area contributed by atoms with Crippen LogP contribution >= 0.6 is 0 Å². The molecule has 0 spiro atoms. The van der Waals surface area contributed by atoms with Crippen LogP contribution in [0.3, 0.4) is 0 Å².